The highest BCUT2D eigenvalue weighted by molar-refractivity contribution is 5.49. The molecule has 1 aliphatic heterocycles. The van der Waals surface area contributed by atoms with Gasteiger partial charge in [0.25, 0.3) is 0 Å². The van der Waals surface area contributed by atoms with Crippen LogP contribution in [0.2, 0.25) is 0 Å². The number of rotatable bonds is 4. The first-order valence-corrected chi connectivity index (χ1v) is 6.76. The molecule has 1 aliphatic carbocycles. The summed E-state index contributed by atoms with van der Waals surface area (Å²) in [6.07, 6.45) is 3.40. The van der Waals surface area contributed by atoms with Crippen LogP contribution >= 0.6 is 0 Å². The second-order valence-corrected chi connectivity index (χ2v) is 5.50. The van der Waals surface area contributed by atoms with Crippen LogP contribution in [0.15, 0.2) is 12.1 Å². The summed E-state index contributed by atoms with van der Waals surface area (Å²) in [7, 11) is 0. The van der Waals surface area contributed by atoms with Crippen LogP contribution < -0.4 is 10.2 Å². The lowest BCUT2D eigenvalue weighted by molar-refractivity contribution is 0.491. The molecule has 1 aromatic rings. The van der Waals surface area contributed by atoms with Crippen LogP contribution in [0.1, 0.15) is 19.3 Å². The lowest BCUT2D eigenvalue weighted by Crippen LogP contribution is -2.28. The maximum absolute atomic E-state index is 13.7. The van der Waals surface area contributed by atoms with Crippen molar-refractivity contribution >= 4 is 5.69 Å². The third-order valence-corrected chi connectivity index (χ3v) is 3.87. The average Bonchev–Trinajstić information content (AvgIpc) is 3.09. The predicted molar refractivity (Wildman–Crippen MR) is 67.7 cm³/mol. The number of halogens is 3. The largest absolute Gasteiger partial charge is 0.369 e. The predicted octanol–water partition coefficient (Wildman–Crippen LogP) is 2.68. The summed E-state index contributed by atoms with van der Waals surface area (Å²) < 4.78 is 40.1. The lowest BCUT2D eigenvalue weighted by Gasteiger charge is -2.20. The number of nitrogens with zero attached hydrogens (tertiary/aromatic N) is 1. The van der Waals surface area contributed by atoms with E-state index in [0.29, 0.717) is 31.1 Å². The van der Waals surface area contributed by atoms with E-state index < -0.39 is 17.5 Å². The molecule has 0 amide bonds. The van der Waals surface area contributed by atoms with Crippen molar-refractivity contribution in [3.05, 3.63) is 29.6 Å². The van der Waals surface area contributed by atoms with Crippen molar-refractivity contribution < 1.29 is 13.2 Å². The highest BCUT2D eigenvalue weighted by Gasteiger charge is 2.28. The van der Waals surface area contributed by atoms with E-state index in [1.165, 1.54) is 12.8 Å². The van der Waals surface area contributed by atoms with Crippen LogP contribution in [-0.4, -0.2) is 25.7 Å². The Kier molecular flexibility index (Phi) is 3.39. The molecule has 1 aromatic carbocycles. The second-order valence-electron chi connectivity index (χ2n) is 5.50. The fourth-order valence-electron chi connectivity index (χ4n) is 2.61. The molecule has 1 saturated heterocycles. The first-order valence-electron chi connectivity index (χ1n) is 6.76. The molecular weight excluding hydrogens is 253 g/mol. The van der Waals surface area contributed by atoms with Gasteiger partial charge in [0, 0.05) is 31.3 Å². The van der Waals surface area contributed by atoms with Gasteiger partial charge in [0.15, 0.2) is 11.6 Å². The third-order valence-electron chi connectivity index (χ3n) is 3.87. The van der Waals surface area contributed by atoms with Gasteiger partial charge in [-0.15, -0.1) is 0 Å². The van der Waals surface area contributed by atoms with Crippen LogP contribution in [0.4, 0.5) is 18.9 Å². The number of nitrogens with one attached hydrogen (secondary N) is 1. The van der Waals surface area contributed by atoms with E-state index in [1.807, 2.05) is 0 Å². The third kappa shape index (κ3) is 2.86. The molecule has 5 heteroatoms. The standard InChI is InChI=1S/C14H17F3N2/c15-10-5-12(16)14(17)13(6-10)19-4-3-9(8-19)7-18-11-1-2-11/h5-6,9,11,18H,1-4,7-8H2. The molecule has 0 aromatic heterocycles. The fourth-order valence-corrected chi connectivity index (χ4v) is 2.61. The van der Waals surface area contributed by atoms with Crippen molar-refractivity contribution in [3.63, 3.8) is 0 Å². The van der Waals surface area contributed by atoms with Crippen molar-refractivity contribution in [1.29, 1.82) is 0 Å². The Labute approximate surface area is 110 Å². The molecule has 1 atom stereocenters. The van der Waals surface area contributed by atoms with Gasteiger partial charge in [-0.05, 0) is 31.7 Å². The summed E-state index contributed by atoms with van der Waals surface area (Å²) in [4.78, 5) is 1.74. The van der Waals surface area contributed by atoms with E-state index in [0.717, 1.165) is 19.0 Å². The van der Waals surface area contributed by atoms with Gasteiger partial charge in [-0.25, -0.2) is 13.2 Å². The SMILES string of the molecule is Fc1cc(F)c(F)c(N2CCC(CNC3CC3)C2)c1. The summed E-state index contributed by atoms with van der Waals surface area (Å²) in [6, 6.07) is 2.31. The molecule has 2 nitrogen and oxygen atoms in total. The molecule has 1 saturated carbocycles. The second kappa shape index (κ2) is 5.04. The Morgan fingerprint density at radius 3 is 2.68 bits per heavy atom. The highest BCUT2D eigenvalue weighted by Crippen LogP contribution is 2.29. The van der Waals surface area contributed by atoms with Crippen LogP contribution in [-0.2, 0) is 0 Å². The van der Waals surface area contributed by atoms with Crippen molar-refractivity contribution in [1.82, 2.24) is 5.32 Å². The smallest absolute Gasteiger partial charge is 0.182 e. The summed E-state index contributed by atoms with van der Waals surface area (Å²) in [5.41, 5.74) is 0.0476. The molecule has 0 spiro atoms. The minimum absolute atomic E-state index is 0.0476. The lowest BCUT2D eigenvalue weighted by atomic mass is 10.1. The number of anilines is 1. The zero-order valence-electron chi connectivity index (χ0n) is 10.6. The van der Waals surface area contributed by atoms with Crippen LogP contribution in [0, 0.1) is 23.4 Å². The van der Waals surface area contributed by atoms with Crippen LogP contribution in [0.25, 0.3) is 0 Å². The molecule has 2 fully saturated rings. The molecule has 3 rings (SSSR count). The molecule has 1 heterocycles. The van der Waals surface area contributed by atoms with Crippen LogP contribution in [0.3, 0.4) is 0 Å². The van der Waals surface area contributed by atoms with E-state index in [2.05, 4.69) is 5.32 Å². The Morgan fingerprint density at radius 2 is 1.95 bits per heavy atom. The minimum Gasteiger partial charge on any atom is -0.369 e. The van der Waals surface area contributed by atoms with Gasteiger partial charge in [-0.3, -0.25) is 0 Å². The fraction of sp³-hybridized carbons (Fsp3) is 0.571. The first-order chi connectivity index (χ1) is 9.13. The van der Waals surface area contributed by atoms with Gasteiger partial charge in [-0.2, -0.15) is 0 Å². The van der Waals surface area contributed by atoms with E-state index in [4.69, 9.17) is 0 Å². The Hall–Kier alpha value is -1.23. The van der Waals surface area contributed by atoms with Gasteiger partial charge >= 0.3 is 0 Å². The number of hydrogen-bond acceptors (Lipinski definition) is 2. The van der Waals surface area contributed by atoms with Gasteiger partial charge in [-0.1, -0.05) is 0 Å². The monoisotopic (exact) mass is 270 g/mol. The van der Waals surface area contributed by atoms with E-state index in [9.17, 15) is 13.2 Å². The molecule has 1 N–H and O–H groups in total. The van der Waals surface area contributed by atoms with E-state index in [1.54, 1.807) is 4.90 Å². The van der Waals surface area contributed by atoms with E-state index >= 15 is 0 Å². The molecule has 1 unspecified atom stereocenters. The Morgan fingerprint density at radius 1 is 1.16 bits per heavy atom. The van der Waals surface area contributed by atoms with Crippen molar-refractivity contribution in [2.24, 2.45) is 5.92 Å². The number of hydrogen-bond donors (Lipinski definition) is 1. The van der Waals surface area contributed by atoms with Crippen LogP contribution in [0.5, 0.6) is 0 Å². The quantitative estimate of drug-likeness (QED) is 0.846. The minimum atomic E-state index is -1.12. The van der Waals surface area contributed by atoms with Gasteiger partial charge in [0.2, 0.25) is 0 Å². The normalized spacial score (nSPS) is 23.1. The van der Waals surface area contributed by atoms with E-state index in [-0.39, 0.29) is 5.69 Å². The van der Waals surface area contributed by atoms with Gasteiger partial charge in [0.05, 0.1) is 5.69 Å². The van der Waals surface area contributed by atoms with Crippen molar-refractivity contribution in [2.75, 3.05) is 24.5 Å². The summed E-state index contributed by atoms with van der Waals surface area (Å²) in [5.74, 6) is -2.37. The molecule has 0 bridgehead atoms. The summed E-state index contributed by atoms with van der Waals surface area (Å²) in [5, 5.41) is 3.44. The van der Waals surface area contributed by atoms with Gasteiger partial charge < -0.3 is 10.2 Å². The molecule has 0 radical (unpaired) electrons. The maximum Gasteiger partial charge on any atom is 0.182 e. The summed E-state index contributed by atoms with van der Waals surface area (Å²) in [6.45, 7) is 2.21. The zero-order valence-corrected chi connectivity index (χ0v) is 10.6. The van der Waals surface area contributed by atoms with Crippen molar-refractivity contribution in [2.45, 2.75) is 25.3 Å². The summed E-state index contributed by atoms with van der Waals surface area (Å²) >= 11 is 0. The van der Waals surface area contributed by atoms with Crippen molar-refractivity contribution in [3.8, 4) is 0 Å². The molecular formula is C14H17F3N2. The average molecular weight is 270 g/mol. The Bertz CT molecular complexity index is 474. The first kappa shape index (κ1) is 12.8. The topological polar surface area (TPSA) is 15.3 Å². The Balaban J connectivity index is 1.66. The van der Waals surface area contributed by atoms with Gasteiger partial charge in [0.1, 0.15) is 5.82 Å². The highest BCUT2D eigenvalue weighted by atomic mass is 19.2. The maximum atomic E-state index is 13.7. The zero-order chi connectivity index (χ0) is 13.4. The number of benzene rings is 1. The molecule has 19 heavy (non-hydrogen) atoms. The molecule has 2 aliphatic rings. The molecule has 104 valence electrons.